The Balaban J connectivity index is 1.50. The van der Waals surface area contributed by atoms with Crippen LogP contribution in [-0.2, 0) is 0 Å². The van der Waals surface area contributed by atoms with Crippen molar-refractivity contribution in [1.29, 1.82) is 0 Å². The lowest BCUT2D eigenvalue weighted by Crippen LogP contribution is -2.48. The highest BCUT2D eigenvalue weighted by molar-refractivity contribution is 7.22. The van der Waals surface area contributed by atoms with E-state index in [1.165, 1.54) is 27.2 Å². The lowest BCUT2D eigenvalue weighted by Gasteiger charge is -2.34. The fraction of sp³-hybridized carbons (Fsp3) is 0.333. The van der Waals surface area contributed by atoms with Crippen molar-refractivity contribution in [2.45, 2.75) is 13.8 Å². The Kier molecular flexibility index (Phi) is 4.02. The number of thiophene rings is 1. The molecule has 4 rings (SSSR count). The third-order valence-electron chi connectivity index (χ3n) is 4.64. The minimum absolute atomic E-state index is 0.153. The first-order chi connectivity index (χ1) is 11.6. The van der Waals surface area contributed by atoms with Crippen LogP contribution in [0.3, 0.4) is 0 Å². The maximum atomic E-state index is 12.4. The number of hydrogen-bond acceptors (Lipinski definition) is 5. The minimum atomic E-state index is 0.153. The molecule has 1 amide bonds. The summed E-state index contributed by atoms with van der Waals surface area (Å²) in [5.74, 6) is 0.153. The number of nitrogens with zero attached hydrogens (tertiary/aromatic N) is 3. The molecule has 1 aliphatic rings. The lowest BCUT2D eigenvalue weighted by molar-refractivity contribution is 0.0751. The van der Waals surface area contributed by atoms with Crippen LogP contribution in [-0.4, -0.2) is 42.0 Å². The molecule has 0 atom stereocenters. The number of rotatable bonds is 2. The number of piperazine rings is 1. The second kappa shape index (κ2) is 6.18. The molecule has 0 saturated carbocycles. The molecule has 24 heavy (non-hydrogen) atoms. The maximum absolute atomic E-state index is 12.4. The molecule has 0 unspecified atom stereocenters. The number of thiazole rings is 1. The number of amides is 1. The summed E-state index contributed by atoms with van der Waals surface area (Å²) in [6.45, 7) is 7.46. The standard InChI is InChI=1S/C18H19N3OS2/c1-12-5-6-14-16(13(12)2)19-18(24-14)21-9-7-20(8-10-21)17(22)15-4-3-11-23-15/h3-6,11H,7-10H2,1-2H3. The first-order valence-corrected chi connectivity index (χ1v) is 9.77. The van der Waals surface area contributed by atoms with Crippen molar-refractivity contribution >= 4 is 43.9 Å². The first kappa shape index (κ1) is 15.6. The number of hydrogen-bond donors (Lipinski definition) is 0. The van der Waals surface area contributed by atoms with Crippen molar-refractivity contribution in [3.8, 4) is 0 Å². The molecule has 0 aliphatic carbocycles. The largest absolute Gasteiger partial charge is 0.345 e. The lowest BCUT2D eigenvalue weighted by atomic mass is 10.1. The molecule has 2 aromatic heterocycles. The van der Waals surface area contributed by atoms with E-state index in [-0.39, 0.29) is 5.91 Å². The number of benzene rings is 1. The van der Waals surface area contributed by atoms with E-state index < -0.39 is 0 Å². The molecule has 1 fully saturated rings. The average Bonchev–Trinajstić information content (AvgIpc) is 3.27. The van der Waals surface area contributed by atoms with Crippen LogP contribution >= 0.6 is 22.7 Å². The number of aromatic nitrogens is 1. The number of aryl methyl sites for hydroxylation is 2. The monoisotopic (exact) mass is 357 g/mol. The summed E-state index contributed by atoms with van der Waals surface area (Å²) in [4.78, 5) is 22.4. The van der Waals surface area contributed by atoms with Crippen molar-refractivity contribution in [2.75, 3.05) is 31.1 Å². The normalized spacial score (nSPS) is 15.2. The van der Waals surface area contributed by atoms with Gasteiger partial charge in [-0.3, -0.25) is 4.79 Å². The Bertz CT molecular complexity index is 877. The number of carbonyl (C=O) groups is 1. The van der Waals surface area contributed by atoms with Gasteiger partial charge < -0.3 is 9.80 Å². The van der Waals surface area contributed by atoms with Gasteiger partial charge in [0.15, 0.2) is 5.13 Å². The van der Waals surface area contributed by atoms with Gasteiger partial charge in [0.05, 0.1) is 15.1 Å². The second-order valence-corrected chi connectivity index (χ2v) is 8.06. The van der Waals surface area contributed by atoms with Crippen LogP contribution in [0, 0.1) is 13.8 Å². The van der Waals surface area contributed by atoms with Crippen LogP contribution in [0.1, 0.15) is 20.8 Å². The molecule has 0 radical (unpaired) electrons. The van der Waals surface area contributed by atoms with E-state index in [9.17, 15) is 4.79 Å². The fourth-order valence-electron chi connectivity index (χ4n) is 3.01. The van der Waals surface area contributed by atoms with Crippen molar-refractivity contribution in [3.05, 3.63) is 45.6 Å². The molecule has 6 heteroatoms. The van der Waals surface area contributed by atoms with E-state index >= 15 is 0 Å². The zero-order chi connectivity index (χ0) is 16.7. The van der Waals surface area contributed by atoms with E-state index in [4.69, 9.17) is 4.98 Å². The zero-order valence-corrected chi connectivity index (χ0v) is 15.4. The van der Waals surface area contributed by atoms with Gasteiger partial charge in [0.1, 0.15) is 0 Å². The van der Waals surface area contributed by atoms with Gasteiger partial charge in [-0.05, 0) is 42.5 Å². The minimum Gasteiger partial charge on any atom is -0.345 e. The molecule has 3 heterocycles. The average molecular weight is 358 g/mol. The zero-order valence-electron chi connectivity index (χ0n) is 13.8. The van der Waals surface area contributed by atoms with Gasteiger partial charge >= 0.3 is 0 Å². The number of carbonyl (C=O) groups excluding carboxylic acids is 1. The molecule has 0 bridgehead atoms. The fourth-order valence-corrected chi connectivity index (χ4v) is 4.77. The number of fused-ring (bicyclic) bond motifs is 1. The van der Waals surface area contributed by atoms with Crippen LogP contribution in [0.5, 0.6) is 0 Å². The molecule has 1 aromatic carbocycles. The predicted molar refractivity (Wildman–Crippen MR) is 102 cm³/mol. The quantitative estimate of drug-likeness (QED) is 0.697. The Hall–Kier alpha value is -1.92. The Morgan fingerprint density at radius 1 is 1.12 bits per heavy atom. The number of anilines is 1. The molecule has 0 spiro atoms. The summed E-state index contributed by atoms with van der Waals surface area (Å²) in [5.41, 5.74) is 3.67. The second-order valence-electron chi connectivity index (χ2n) is 6.11. The van der Waals surface area contributed by atoms with Crippen LogP contribution in [0.4, 0.5) is 5.13 Å². The van der Waals surface area contributed by atoms with E-state index in [2.05, 4.69) is 30.9 Å². The summed E-state index contributed by atoms with van der Waals surface area (Å²) in [6.07, 6.45) is 0. The van der Waals surface area contributed by atoms with Gasteiger partial charge in [0, 0.05) is 26.2 Å². The molecule has 3 aromatic rings. The van der Waals surface area contributed by atoms with E-state index in [1.807, 2.05) is 22.4 Å². The molecule has 1 saturated heterocycles. The van der Waals surface area contributed by atoms with Gasteiger partial charge in [0.25, 0.3) is 5.91 Å². The summed E-state index contributed by atoms with van der Waals surface area (Å²) < 4.78 is 1.24. The Morgan fingerprint density at radius 2 is 1.92 bits per heavy atom. The Morgan fingerprint density at radius 3 is 2.62 bits per heavy atom. The molecule has 4 nitrogen and oxygen atoms in total. The van der Waals surface area contributed by atoms with Crippen LogP contribution < -0.4 is 4.90 Å². The molecular formula is C18H19N3OS2. The van der Waals surface area contributed by atoms with Gasteiger partial charge in [0.2, 0.25) is 0 Å². The summed E-state index contributed by atoms with van der Waals surface area (Å²) in [5, 5.41) is 3.02. The van der Waals surface area contributed by atoms with Crippen LogP contribution in [0.2, 0.25) is 0 Å². The van der Waals surface area contributed by atoms with Gasteiger partial charge in [-0.2, -0.15) is 0 Å². The molecular weight excluding hydrogens is 338 g/mol. The molecule has 1 aliphatic heterocycles. The van der Waals surface area contributed by atoms with E-state index in [1.54, 1.807) is 11.3 Å². The van der Waals surface area contributed by atoms with Crippen molar-refractivity contribution in [1.82, 2.24) is 9.88 Å². The third-order valence-corrected chi connectivity index (χ3v) is 6.58. The van der Waals surface area contributed by atoms with Crippen LogP contribution in [0.25, 0.3) is 10.2 Å². The van der Waals surface area contributed by atoms with Gasteiger partial charge in [-0.1, -0.05) is 23.5 Å². The SMILES string of the molecule is Cc1ccc2sc(N3CCN(C(=O)c4cccs4)CC3)nc2c1C. The van der Waals surface area contributed by atoms with Crippen molar-refractivity contribution in [2.24, 2.45) is 0 Å². The highest BCUT2D eigenvalue weighted by atomic mass is 32.1. The highest BCUT2D eigenvalue weighted by Gasteiger charge is 2.24. The van der Waals surface area contributed by atoms with Gasteiger partial charge in [-0.15, -0.1) is 11.3 Å². The Labute approximate surface area is 149 Å². The summed E-state index contributed by atoms with van der Waals surface area (Å²) >= 11 is 3.26. The smallest absolute Gasteiger partial charge is 0.264 e. The van der Waals surface area contributed by atoms with Crippen LogP contribution in [0.15, 0.2) is 29.6 Å². The summed E-state index contributed by atoms with van der Waals surface area (Å²) in [6, 6.07) is 8.16. The first-order valence-electron chi connectivity index (χ1n) is 8.08. The molecule has 124 valence electrons. The molecule has 0 N–H and O–H groups in total. The predicted octanol–water partition coefficient (Wildman–Crippen LogP) is 3.94. The van der Waals surface area contributed by atoms with E-state index in [0.29, 0.717) is 0 Å². The highest BCUT2D eigenvalue weighted by Crippen LogP contribution is 2.32. The third kappa shape index (κ3) is 2.70. The van der Waals surface area contributed by atoms with Gasteiger partial charge in [-0.25, -0.2) is 4.98 Å². The summed E-state index contributed by atoms with van der Waals surface area (Å²) in [7, 11) is 0. The van der Waals surface area contributed by atoms with Crippen molar-refractivity contribution < 1.29 is 4.79 Å². The maximum Gasteiger partial charge on any atom is 0.264 e. The van der Waals surface area contributed by atoms with Crippen molar-refractivity contribution in [3.63, 3.8) is 0 Å². The van der Waals surface area contributed by atoms with E-state index in [0.717, 1.165) is 41.7 Å². The topological polar surface area (TPSA) is 36.4 Å².